The minimum atomic E-state index is -0.0439. The van der Waals surface area contributed by atoms with E-state index in [-0.39, 0.29) is 11.9 Å². The first-order valence-electron chi connectivity index (χ1n) is 10.6. The molecule has 5 heteroatoms. The fraction of sp³-hybridized carbons (Fsp3) is 0.231. The van der Waals surface area contributed by atoms with E-state index in [9.17, 15) is 4.79 Å². The average molecular weight is 414 g/mol. The molecule has 0 aliphatic carbocycles. The van der Waals surface area contributed by atoms with Gasteiger partial charge in [-0.3, -0.25) is 4.79 Å². The molecule has 1 amide bonds. The summed E-state index contributed by atoms with van der Waals surface area (Å²) in [4.78, 5) is 15.4. The van der Waals surface area contributed by atoms with Gasteiger partial charge in [-0.15, -0.1) is 0 Å². The van der Waals surface area contributed by atoms with E-state index in [0.717, 1.165) is 28.0 Å². The van der Waals surface area contributed by atoms with E-state index in [1.165, 1.54) is 0 Å². The lowest BCUT2D eigenvalue weighted by Crippen LogP contribution is -2.34. The van der Waals surface area contributed by atoms with Gasteiger partial charge >= 0.3 is 0 Å². The highest BCUT2D eigenvalue weighted by Crippen LogP contribution is 2.24. The number of pyridine rings is 1. The zero-order valence-corrected chi connectivity index (χ0v) is 17.9. The highest BCUT2D eigenvalue weighted by Gasteiger charge is 2.22. The number of aromatic nitrogens is 2. The summed E-state index contributed by atoms with van der Waals surface area (Å²) in [6, 6.07) is 24.0. The first-order chi connectivity index (χ1) is 15.1. The molecule has 0 fully saturated rings. The van der Waals surface area contributed by atoms with Crippen LogP contribution in [0.3, 0.4) is 0 Å². The van der Waals surface area contributed by atoms with Crippen LogP contribution in [0.15, 0.2) is 85.2 Å². The molecule has 4 aromatic rings. The maximum Gasteiger partial charge on any atom is 0.227 e. The fourth-order valence-corrected chi connectivity index (χ4v) is 3.76. The molecule has 0 aliphatic rings. The second kappa shape index (κ2) is 9.47. The van der Waals surface area contributed by atoms with E-state index >= 15 is 0 Å². The van der Waals surface area contributed by atoms with Crippen LogP contribution >= 0.6 is 0 Å². The molecule has 5 nitrogen and oxygen atoms in total. The van der Waals surface area contributed by atoms with Gasteiger partial charge in [0, 0.05) is 18.9 Å². The number of hydrogen-bond donors (Lipinski definition) is 0. The van der Waals surface area contributed by atoms with Gasteiger partial charge in [0.05, 0.1) is 24.6 Å². The Bertz CT molecular complexity index is 1140. The van der Waals surface area contributed by atoms with Crippen molar-refractivity contribution in [3.8, 4) is 5.75 Å². The zero-order chi connectivity index (χ0) is 21.6. The second-order valence-electron chi connectivity index (χ2n) is 7.60. The van der Waals surface area contributed by atoms with Crippen LogP contribution in [0, 0.1) is 0 Å². The lowest BCUT2D eigenvalue weighted by atomic mass is 10.0. The van der Waals surface area contributed by atoms with Crippen molar-refractivity contribution in [3.05, 3.63) is 102 Å². The topological polar surface area (TPSA) is 46.8 Å². The van der Waals surface area contributed by atoms with E-state index in [4.69, 9.17) is 4.74 Å². The van der Waals surface area contributed by atoms with Crippen molar-refractivity contribution < 1.29 is 9.53 Å². The number of benzene rings is 2. The lowest BCUT2D eigenvalue weighted by Gasteiger charge is -2.30. The number of amides is 1. The third-order valence-corrected chi connectivity index (χ3v) is 5.48. The summed E-state index contributed by atoms with van der Waals surface area (Å²) in [5, 5.41) is 4.26. The Kier molecular flexibility index (Phi) is 6.32. The van der Waals surface area contributed by atoms with Crippen molar-refractivity contribution in [1.29, 1.82) is 0 Å². The monoisotopic (exact) mass is 413 g/mol. The number of hydrogen-bond acceptors (Lipinski definition) is 3. The fourth-order valence-electron chi connectivity index (χ4n) is 3.76. The summed E-state index contributed by atoms with van der Waals surface area (Å²) in [7, 11) is 0. The molecular weight excluding hydrogens is 386 g/mol. The molecule has 0 spiro atoms. The van der Waals surface area contributed by atoms with Crippen LogP contribution in [0.25, 0.3) is 5.52 Å². The highest BCUT2D eigenvalue weighted by atomic mass is 16.5. The van der Waals surface area contributed by atoms with E-state index < -0.39 is 0 Å². The van der Waals surface area contributed by atoms with Gasteiger partial charge in [0.15, 0.2) is 0 Å². The molecule has 0 bridgehead atoms. The summed E-state index contributed by atoms with van der Waals surface area (Å²) >= 11 is 0. The minimum absolute atomic E-state index is 0.0439. The summed E-state index contributed by atoms with van der Waals surface area (Å²) in [6.07, 6.45) is 4.06. The summed E-state index contributed by atoms with van der Waals surface area (Å²) in [6.45, 7) is 5.21. The number of carbonyl (C=O) groups excluding carboxylic acids is 1. The number of rotatable bonds is 8. The van der Waals surface area contributed by atoms with Crippen molar-refractivity contribution in [1.82, 2.24) is 14.5 Å². The second-order valence-corrected chi connectivity index (χ2v) is 7.60. The van der Waals surface area contributed by atoms with E-state index in [2.05, 4.69) is 30.2 Å². The predicted octanol–water partition coefficient (Wildman–Crippen LogP) is 5.07. The van der Waals surface area contributed by atoms with Crippen LogP contribution in [0.4, 0.5) is 0 Å². The maximum atomic E-state index is 13.4. The van der Waals surface area contributed by atoms with Crippen molar-refractivity contribution >= 4 is 11.4 Å². The Labute approximate surface area is 182 Å². The first kappa shape index (κ1) is 20.7. The molecule has 2 heterocycles. The van der Waals surface area contributed by atoms with Crippen LogP contribution in [0.5, 0.6) is 5.75 Å². The number of ether oxygens (including phenoxy) is 1. The lowest BCUT2D eigenvalue weighted by molar-refractivity contribution is -0.133. The van der Waals surface area contributed by atoms with Crippen molar-refractivity contribution in [3.63, 3.8) is 0 Å². The molecule has 0 N–H and O–H groups in total. The van der Waals surface area contributed by atoms with Gasteiger partial charge < -0.3 is 9.64 Å². The Morgan fingerprint density at radius 3 is 2.55 bits per heavy atom. The van der Waals surface area contributed by atoms with E-state index in [1.54, 1.807) is 6.20 Å². The van der Waals surface area contributed by atoms with Gasteiger partial charge in [-0.25, -0.2) is 4.52 Å². The molecule has 0 aliphatic heterocycles. The molecule has 2 aromatic carbocycles. The molecule has 2 aromatic heterocycles. The molecule has 158 valence electrons. The van der Waals surface area contributed by atoms with Crippen LogP contribution in [0.2, 0.25) is 0 Å². The van der Waals surface area contributed by atoms with Gasteiger partial charge in [-0.05, 0) is 60.9 Å². The highest BCUT2D eigenvalue weighted by molar-refractivity contribution is 5.79. The van der Waals surface area contributed by atoms with Gasteiger partial charge in [-0.1, -0.05) is 42.5 Å². The molecule has 31 heavy (non-hydrogen) atoms. The number of fused-ring (bicyclic) bond motifs is 1. The Balaban J connectivity index is 1.58. The molecule has 4 rings (SSSR count). The summed E-state index contributed by atoms with van der Waals surface area (Å²) < 4.78 is 7.34. The molecule has 0 saturated heterocycles. The zero-order valence-electron chi connectivity index (χ0n) is 17.9. The van der Waals surface area contributed by atoms with Crippen LogP contribution < -0.4 is 4.74 Å². The smallest absolute Gasteiger partial charge is 0.227 e. The quantitative estimate of drug-likeness (QED) is 0.405. The third-order valence-electron chi connectivity index (χ3n) is 5.48. The van der Waals surface area contributed by atoms with Crippen LogP contribution in [-0.4, -0.2) is 27.0 Å². The Morgan fingerprint density at radius 1 is 1.03 bits per heavy atom. The molecule has 0 saturated carbocycles. The van der Waals surface area contributed by atoms with Crippen LogP contribution in [-0.2, 0) is 17.8 Å². The SMILES string of the molecule is CCOc1ccc(CC(=O)N(Cc2ccn3nccc3c2)[C@H](C)c2ccccc2)cc1. The minimum Gasteiger partial charge on any atom is -0.494 e. The Hall–Kier alpha value is -3.60. The van der Waals surface area contributed by atoms with Gasteiger partial charge in [0.2, 0.25) is 5.91 Å². The average Bonchev–Trinajstić information content (AvgIpc) is 3.27. The predicted molar refractivity (Wildman–Crippen MR) is 122 cm³/mol. The van der Waals surface area contributed by atoms with E-state index in [0.29, 0.717) is 19.6 Å². The van der Waals surface area contributed by atoms with Crippen molar-refractivity contribution in [2.24, 2.45) is 0 Å². The molecule has 1 atom stereocenters. The molecular formula is C26H27N3O2. The maximum absolute atomic E-state index is 13.4. The van der Waals surface area contributed by atoms with Crippen LogP contribution in [0.1, 0.15) is 36.6 Å². The summed E-state index contributed by atoms with van der Waals surface area (Å²) in [5.74, 6) is 0.913. The van der Waals surface area contributed by atoms with Gasteiger partial charge in [-0.2, -0.15) is 5.10 Å². The third kappa shape index (κ3) is 4.94. The Morgan fingerprint density at radius 2 is 1.81 bits per heavy atom. The van der Waals surface area contributed by atoms with Gasteiger partial charge in [0.1, 0.15) is 5.75 Å². The van der Waals surface area contributed by atoms with Crippen molar-refractivity contribution in [2.75, 3.05) is 6.61 Å². The standard InChI is InChI=1S/C26H27N3O2/c1-3-31-25-11-9-21(10-12-25)18-26(30)28(20(2)23-7-5-4-6-8-23)19-22-14-16-29-24(17-22)13-15-27-29/h4-17,20H,3,18-19H2,1-2H3/t20-/m1/s1. The van der Waals surface area contributed by atoms with E-state index in [1.807, 2.05) is 77.1 Å². The normalized spacial score (nSPS) is 11.9. The van der Waals surface area contributed by atoms with Crippen molar-refractivity contribution in [2.45, 2.75) is 32.9 Å². The molecule has 0 unspecified atom stereocenters. The summed E-state index contributed by atoms with van der Waals surface area (Å²) in [5.41, 5.74) is 4.19. The van der Waals surface area contributed by atoms with Gasteiger partial charge in [0.25, 0.3) is 0 Å². The number of nitrogens with zero attached hydrogens (tertiary/aromatic N) is 3. The largest absolute Gasteiger partial charge is 0.494 e. The first-order valence-corrected chi connectivity index (χ1v) is 10.6. The molecule has 0 radical (unpaired) electrons. The number of carbonyl (C=O) groups is 1.